The van der Waals surface area contributed by atoms with Crippen molar-refractivity contribution in [1.29, 1.82) is 0 Å². The Morgan fingerprint density at radius 2 is 2.22 bits per heavy atom. The zero-order valence-electron chi connectivity index (χ0n) is 9.05. The lowest BCUT2D eigenvalue weighted by atomic mass is 10.2. The lowest BCUT2D eigenvalue weighted by molar-refractivity contribution is -0.144. The molecule has 1 fully saturated rings. The van der Waals surface area contributed by atoms with Crippen molar-refractivity contribution >= 4 is 40.7 Å². The molecule has 1 aromatic rings. The van der Waals surface area contributed by atoms with Crippen LogP contribution >= 0.6 is 22.9 Å². The highest BCUT2D eigenvalue weighted by Gasteiger charge is 2.36. The fourth-order valence-corrected chi connectivity index (χ4v) is 2.65. The maximum Gasteiger partial charge on any atom is 0.328 e. The summed E-state index contributed by atoms with van der Waals surface area (Å²) in [5, 5.41) is 11.4. The topological polar surface area (TPSA) is 86.7 Å². The Kier molecular flexibility index (Phi) is 3.53. The second-order valence-corrected chi connectivity index (χ2v) is 5.41. The smallest absolute Gasteiger partial charge is 0.328 e. The van der Waals surface area contributed by atoms with Gasteiger partial charge >= 0.3 is 5.97 Å². The summed E-state index contributed by atoms with van der Waals surface area (Å²) < 4.78 is 0.437. The lowest BCUT2D eigenvalue weighted by Crippen LogP contribution is -2.59. The van der Waals surface area contributed by atoms with Gasteiger partial charge in [-0.15, -0.1) is 11.3 Å². The molecule has 8 heteroatoms. The Labute approximate surface area is 111 Å². The van der Waals surface area contributed by atoms with E-state index in [1.807, 2.05) is 0 Å². The number of aliphatic carboxylic acids is 1. The first-order chi connectivity index (χ1) is 8.49. The van der Waals surface area contributed by atoms with Crippen LogP contribution in [-0.4, -0.2) is 46.9 Å². The van der Waals surface area contributed by atoms with Crippen LogP contribution in [0.1, 0.15) is 9.67 Å². The zero-order chi connectivity index (χ0) is 13.3. The molecule has 1 saturated heterocycles. The molecule has 0 aromatic carbocycles. The van der Waals surface area contributed by atoms with Crippen LogP contribution in [0.2, 0.25) is 4.34 Å². The summed E-state index contributed by atoms with van der Waals surface area (Å²) in [6.45, 7) is -0.343. The van der Waals surface area contributed by atoms with Crippen LogP contribution in [0, 0.1) is 0 Å². The summed E-state index contributed by atoms with van der Waals surface area (Å²) in [5.74, 6) is -2.01. The number of piperazine rings is 1. The number of hydrogen-bond donors (Lipinski definition) is 2. The second-order valence-electron chi connectivity index (χ2n) is 3.69. The first-order valence-electron chi connectivity index (χ1n) is 5.05. The maximum absolute atomic E-state index is 12.1. The highest BCUT2D eigenvalue weighted by molar-refractivity contribution is 7.18. The van der Waals surface area contributed by atoms with Gasteiger partial charge in [0.15, 0.2) is 0 Å². The van der Waals surface area contributed by atoms with Crippen LogP contribution in [0.25, 0.3) is 0 Å². The van der Waals surface area contributed by atoms with Gasteiger partial charge in [0.2, 0.25) is 5.91 Å². The Hall–Kier alpha value is -1.60. The molecular formula is C10H9ClN2O4S. The number of carboxylic acids is 1. The van der Waals surface area contributed by atoms with Gasteiger partial charge in [0, 0.05) is 6.54 Å². The molecule has 6 nitrogen and oxygen atoms in total. The van der Waals surface area contributed by atoms with E-state index in [0.717, 1.165) is 16.2 Å². The van der Waals surface area contributed by atoms with Gasteiger partial charge < -0.3 is 15.3 Å². The molecule has 0 radical (unpaired) electrons. The number of rotatable bonds is 2. The molecule has 2 amide bonds. The predicted octanol–water partition coefficient (Wildman–Crippen LogP) is 0.427. The number of halogens is 1. The number of thiophene rings is 1. The summed E-state index contributed by atoms with van der Waals surface area (Å²) in [4.78, 5) is 35.8. The van der Waals surface area contributed by atoms with Crippen LogP contribution in [-0.2, 0) is 9.59 Å². The summed E-state index contributed by atoms with van der Waals surface area (Å²) in [6.07, 6.45) is 0. The summed E-state index contributed by atoms with van der Waals surface area (Å²) in [6, 6.07) is 2.02. The van der Waals surface area contributed by atoms with Crippen molar-refractivity contribution in [2.45, 2.75) is 6.04 Å². The minimum Gasteiger partial charge on any atom is -0.480 e. The number of hydrogen-bond acceptors (Lipinski definition) is 4. The number of nitrogens with zero attached hydrogens (tertiary/aromatic N) is 1. The molecule has 1 aliphatic rings. The van der Waals surface area contributed by atoms with Gasteiger partial charge in [-0.25, -0.2) is 4.79 Å². The van der Waals surface area contributed by atoms with Crippen molar-refractivity contribution < 1.29 is 19.5 Å². The molecule has 2 N–H and O–H groups in total. The van der Waals surface area contributed by atoms with Crippen molar-refractivity contribution in [3.63, 3.8) is 0 Å². The highest BCUT2D eigenvalue weighted by atomic mass is 35.5. The number of carbonyl (C=O) groups is 3. The van der Waals surface area contributed by atoms with Gasteiger partial charge in [0.25, 0.3) is 5.91 Å². The standard InChI is InChI=1S/C10H9ClN2O4S/c11-7-2-1-6(18-7)9(15)13-4-8(14)12-3-5(13)10(16)17/h1-2,5H,3-4H2,(H,12,14)(H,16,17). The van der Waals surface area contributed by atoms with Crippen molar-refractivity contribution in [2.24, 2.45) is 0 Å². The SMILES string of the molecule is O=C1CN(C(=O)c2ccc(Cl)s2)C(C(=O)O)CN1. The van der Waals surface area contributed by atoms with Crippen molar-refractivity contribution in [3.8, 4) is 0 Å². The molecule has 0 bridgehead atoms. The summed E-state index contributed by atoms with van der Waals surface area (Å²) >= 11 is 6.78. The summed E-state index contributed by atoms with van der Waals surface area (Å²) in [7, 11) is 0. The normalized spacial score (nSPS) is 19.5. The number of carbonyl (C=O) groups excluding carboxylic acids is 2. The molecule has 1 aliphatic heterocycles. The third-order valence-electron chi connectivity index (χ3n) is 2.51. The Morgan fingerprint density at radius 3 is 2.78 bits per heavy atom. The Balaban J connectivity index is 2.25. The number of nitrogens with one attached hydrogen (secondary N) is 1. The average Bonchev–Trinajstić information content (AvgIpc) is 2.74. The van der Waals surface area contributed by atoms with E-state index in [1.54, 1.807) is 6.07 Å². The molecule has 96 valence electrons. The van der Waals surface area contributed by atoms with E-state index in [-0.39, 0.29) is 19.0 Å². The summed E-state index contributed by atoms with van der Waals surface area (Å²) in [5.41, 5.74) is 0. The molecule has 0 aliphatic carbocycles. The predicted molar refractivity (Wildman–Crippen MR) is 64.8 cm³/mol. The van der Waals surface area contributed by atoms with Gasteiger partial charge in [0.1, 0.15) is 12.6 Å². The van der Waals surface area contributed by atoms with Crippen LogP contribution in [0.3, 0.4) is 0 Å². The molecule has 1 aromatic heterocycles. The van der Waals surface area contributed by atoms with Gasteiger partial charge in [-0.3, -0.25) is 9.59 Å². The Bertz CT molecular complexity index is 516. The molecule has 18 heavy (non-hydrogen) atoms. The van der Waals surface area contributed by atoms with Gasteiger partial charge in [-0.2, -0.15) is 0 Å². The van der Waals surface area contributed by atoms with Gasteiger partial charge in [0.05, 0.1) is 9.21 Å². The molecule has 0 spiro atoms. The molecule has 2 rings (SSSR count). The molecule has 1 atom stereocenters. The van der Waals surface area contributed by atoms with E-state index in [0.29, 0.717) is 9.21 Å². The lowest BCUT2D eigenvalue weighted by Gasteiger charge is -2.32. The molecule has 1 unspecified atom stereocenters. The van der Waals surface area contributed by atoms with Crippen molar-refractivity contribution in [2.75, 3.05) is 13.1 Å². The van der Waals surface area contributed by atoms with E-state index in [9.17, 15) is 14.4 Å². The molecule has 0 saturated carbocycles. The fraction of sp³-hybridized carbons (Fsp3) is 0.300. The third-order valence-corrected chi connectivity index (χ3v) is 3.73. The van der Waals surface area contributed by atoms with E-state index in [2.05, 4.69) is 5.32 Å². The van der Waals surface area contributed by atoms with Crippen LogP contribution in [0.5, 0.6) is 0 Å². The van der Waals surface area contributed by atoms with E-state index < -0.39 is 17.9 Å². The quantitative estimate of drug-likeness (QED) is 0.826. The minimum atomic E-state index is -1.15. The van der Waals surface area contributed by atoms with Gasteiger partial charge in [-0.1, -0.05) is 11.6 Å². The van der Waals surface area contributed by atoms with Crippen LogP contribution < -0.4 is 5.32 Å². The first kappa shape index (κ1) is 12.8. The van der Waals surface area contributed by atoms with E-state index in [4.69, 9.17) is 16.7 Å². The van der Waals surface area contributed by atoms with Crippen LogP contribution in [0.15, 0.2) is 12.1 Å². The maximum atomic E-state index is 12.1. The molecule has 2 heterocycles. The Morgan fingerprint density at radius 1 is 1.50 bits per heavy atom. The number of carboxylic acid groups (broad SMARTS) is 1. The fourth-order valence-electron chi connectivity index (χ4n) is 1.65. The largest absolute Gasteiger partial charge is 0.480 e. The second kappa shape index (κ2) is 4.95. The van der Waals surface area contributed by atoms with Crippen molar-refractivity contribution in [3.05, 3.63) is 21.3 Å². The third kappa shape index (κ3) is 2.46. The minimum absolute atomic E-state index is 0.0843. The monoisotopic (exact) mass is 288 g/mol. The zero-order valence-corrected chi connectivity index (χ0v) is 10.6. The van der Waals surface area contributed by atoms with E-state index in [1.165, 1.54) is 6.07 Å². The number of amides is 2. The van der Waals surface area contributed by atoms with Gasteiger partial charge in [-0.05, 0) is 12.1 Å². The van der Waals surface area contributed by atoms with E-state index >= 15 is 0 Å². The first-order valence-corrected chi connectivity index (χ1v) is 6.24. The molecular weight excluding hydrogens is 280 g/mol. The van der Waals surface area contributed by atoms with Crippen LogP contribution in [0.4, 0.5) is 0 Å². The average molecular weight is 289 g/mol. The van der Waals surface area contributed by atoms with Crippen molar-refractivity contribution in [1.82, 2.24) is 10.2 Å². The highest BCUT2D eigenvalue weighted by Crippen LogP contribution is 2.23.